The molecular formula is C20H18Cl2N2O4S. The molecule has 29 heavy (non-hydrogen) atoms. The molecule has 0 fully saturated rings. The number of anilines is 1. The van der Waals surface area contributed by atoms with Crippen LogP contribution in [-0.4, -0.2) is 31.6 Å². The summed E-state index contributed by atoms with van der Waals surface area (Å²) in [4.78, 5) is 25.9. The summed E-state index contributed by atoms with van der Waals surface area (Å²) in [6, 6.07) is 7.91. The quantitative estimate of drug-likeness (QED) is 0.703. The van der Waals surface area contributed by atoms with Crippen LogP contribution in [0.4, 0.5) is 5.69 Å². The van der Waals surface area contributed by atoms with Gasteiger partial charge in [-0.2, -0.15) is 0 Å². The Morgan fingerprint density at radius 1 is 1.07 bits per heavy atom. The number of amides is 2. The summed E-state index contributed by atoms with van der Waals surface area (Å²) in [5.41, 5.74) is 2.55. The Bertz CT molecular complexity index is 1150. The van der Waals surface area contributed by atoms with E-state index in [-0.39, 0.29) is 15.5 Å². The van der Waals surface area contributed by atoms with Gasteiger partial charge in [0.2, 0.25) is 5.91 Å². The molecule has 0 bridgehead atoms. The van der Waals surface area contributed by atoms with Crippen molar-refractivity contribution in [1.29, 1.82) is 0 Å². The Kier molecular flexibility index (Phi) is 5.09. The highest BCUT2D eigenvalue weighted by Crippen LogP contribution is 2.38. The molecule has 0 spiro atoms. The van der Waals surface area contributed by atoms with Gasteiger partial charge in [0, 0.05) is 12.7 Å². The van der Waals surface area contributed by atoms with Crippen molar-refractivity contribution < 1.29 is 18.0 Å². The first kappa shape index (κ1) is 20.2. The van der Waals surface area contributed by atoms with Crippen LogP contribution in [0.15, 0.2) is 35.2 Å². The normalized spacial score (nSPS) is 20.0. The number of rotatable bonds is 2. The Labute approximate surface area is 178 Å². The molecule has 0 saturated heterocycles. The minimum absolute atomic E-state index is 0.0227. The number of hydrogen-bond acceptors (Lipinski definition) is 4. The molecule has 1 N–H and O–H groups in total. The highest BCUT2D eigenvalue weighted by atomic mass is 35.5. The highest BCUT2D eigenvalue weighted by Gasteiger charge is 2.45. The van der Waals surface area contributed by atoms with Gasteiger partial charge in [-0.15, -0.1) is 0 Å². The number of sulfonamides is 1. The number of nitrogens with one attached hydrogen (secondary N) is 1. The summed E-state index contributed by atoms with van der Waals surface area (Å²) < 4.78 is 26.4. The molecule has 152 valence electrons. The molecule has 2 aliphatic rings. The third-order valence-electron chi connectivity index (χ3n) is 5.43. The predicted octanol–water partition coefficient (Wildman–Crippen LogP) is 3.76. The molecule has 1 atom stereocenters. The fourth-order valence-electron chi connectivity index (χ4n) is 3.85. The lowest BCUT2D eigenvalue weighted by molar-refractivity contribution is -0.132. The van der Waals surface area contributed by atoms with Crippen LogP contribution in [0.2, 0.25) is 10.0 Å². The summed E-state index contributed by atoms with van der Waals surface area (Å²) >= 11 is 11.9. The average molecular weight is 453 g/mol. The molecule has 2 aromatic carbocycles. The van der Waals surface area contributed by atoms with Crippen LogP contribution in [0, 0.1) is 0 Å². The fourth-order valence-corrected chi connectivity index (χ4v) is 5.55. The van der Waals surface area contributed by atoms with E-state index in [1.165, 1.54) is 19.2 Å². The molecule has 1 heterocycles. The Hall–Kier alpha value is -2.09. The Morgan fingerprint density at radius 2 is 1.72 bits per heavy atom. The maximum absolute atomic E-state index is 13.0. The van der Waals surface area contributed by atoms with E-state index in [0.717, 1.165) is 36.8 Å². The maximum atomic E-state index is 13.0. The fraction of sp³-hybridized carbons (Fsp3) is 0.300. The largest absolute Gasteiger partial charge is 0.325 e. The molecule has 2 amide bonds. The summed E-state index contributed by atoms with van der Waals surface area (Å²) in [6.45, 7) is 0. The highest BCUT2D eigenvalue weighted by molar-refractivity contribution is 7.89. The molecule has 2 aromatic rings. The van der Waals surface area contributed by atoms with Gasteiger partial charge in [0.05, 0.1) is 14.9 Å². The summed E-state index contributed by atoms with van der Waals surface area (Å²) in [6.07, 6.45) is 3.57. The first-order chi connectivity index (χ1) is 13.7. The first-order valence-electron chi connectivity index (χ1n) is 9.14. The molecule has 1 unspecified atom stereocenters. The molecule has 4 rings (SSSR count). The van der Waals surface area contributed by atoms with Crippen molar-refractivity contribution in [3.8, 4) is 0 Å². The lowest BCUT2D eigenvalue weighted by atomic mass is 9.86. The van der Waals surface area contributed by atoms with Gasteiger partial charge in [0.25, 0.3) is 15.9 Å². The van der Waals surface area contributed by atoms with Crippen molar-refractivity contribution in [3.05, 3.63) is 57.1 Å². The third kappa shape index (κ3) is 3.41. The SMILES string of the molecule is CN1C(=O)C(C(=O)Nc2ccc(Cl)c(Cl)c2)c2cc3c(cc2S1(=O)=O)CCCC3. The van der Waals surface area contributed by atoms with Crippen LogP contribution in [0.3, 0.4) is 0 Å². The van der Waals surface area contributed by atoms with Gasteiger partial charge >= 0.3 is 0 Å². The van der Waals surface area contributed by atoms with Crippen LogP contribution in [-0.2, 0) is 32.5 Å². The molecule has 6 nitrogen and oxygen atoms in total. The zero-order valence-electron chi connectivity index (χ0n) is 15.5. The number of nitrogens with zero attached hydrogens (tertiary/aromatic N) is 1. The predicted molar refractivity (Wildman–Crippen MR) is 111 cm³/mol. The van der Waals surface area contributed by atoms with Gasteiger partial charge in [0.1, 0.15) is 5.92 Å². The number of carbonyl (C=O) groups excluding carboxylic acids is 2. The van der Waals surface area contributed by atoms with Crippen molar-refractivity contribution in [2.24, 2.45) is 0 Å². The van der Waals surface area contributed by atoms with Crippen LogP contribution in [0.5, 0.6) is 0 Å². The second-order valence-electron chi connectivity index (χ2n) is 7.23. The van der Waals surface area contributed by atoms with Gasteiger partial charge in [-0.3, -0.25) is 9.59 Å². The second kappa shape index (κ2) is 7.31. The Morgan fingerprint density at radius 3 is 2.38 bits per heavy atom. The maximum Gasteiger partial charge on any atom is 0.266 e. The summed E-state index contributed by atoms with van der Waals surface area (Å²) in [5.74, 6) is -2.67. The van der Waals surface area contributed by atoms with Crippen molar-refractivity contribution in [3.63, 3.8) is 0 Å². The van der Waals surface area contributed by atoms with E-state index in [1.54, 1.807) is 18.2 Å². The summed E-state index contributed by atoms with van der Waals surface area (Å²) in [5, 5.41) is 3.25. The van der Waals surface area contributed by atoms with E-state index in [0.29, 0.717) is 15.0 Å². The number of benzene rings is 2. The summed E-state index contributed by atoms with van der Waals surface area (Å²) in [7, 11) is -2.81. The third-order valence-corrected chi connectivity index (χ3v) is 7.98. The minimum atomic E-state index is -3.99. The average Bonchev–Trinajstić information content (AvgIpc) is 2.68. The van der Waals surface area contributed by atoms with Gasteiger partial charge in [-0.1, -0.05) is 29.3 Å². The van der Waals surface area contributed by atoms with E-state index in [1.807, 2.05) is 0 Å². The minimum Gasteiger partial charge on any atom is -0.325 e. The zero-order valence-corrected chi connectivity index (χ0v) is 17.9. The molecule has 0 radical (unpaired) electrons. The lowest BCUT2D eigenvalue weighted by Crippen LogP contribution is -2.46. The van der Waals surface area contributed by atoms with E-state index in [4.69, 9.17) is 23.2 Å². The molecule has 1 aliphatic carbocycles. The topological polar surface area (TPSA) is 83.6 Å². The smallest absolute Gasteiger partial charge is 0.266 e. The molecule has 1 aliphatic heterocycles. The molecular weight excluding hydrogens is 435 g/mol. The van der Waals surface area contributed by atoms with Crippen LogP contribution in [0.25, 0.3) is 0 Å². The van der Waals surface area contributed by atoms with Crippen molar-refractivity contribution in [1.82, 2.24) is 4.31 Å². The van der Waals surface area contributed by atoms with Gasteiger partial charge in [-0.25, -0.2) is 12.7 Å². The number of hydrogen-bond donors (Lipinski definition) is 1. The van der Waals surface area contributed by atoms with Crippen LogP contribution >= 0.6 is 23.2 Å². The number of fused-ring (bicyclic) bond motifs is 2. The van der Waals surface area contributed by atoms with Gasteiger partial charge in [0.15, 0.2) is 0 Å². The van der Waals surface area contributed by atoms with Crippen molar-refractivity contribution in [2.75, 3.05) is 12.4 Å². The zero-order chi connectivity index (χ0) is 20.9. The van der Waals surface area contributed by atoms with E-state index in [2.05, 4.69) is 5.32 Å². The van der Waals surface area contributed by atoms with Crippen LogP contribution in [0.1, 0.15) is 35.4 Å². The molecule has 9 heteroatoms. The van der Waals surface area contributed by atoms with Gasteiger partial charge in [-0.05, 0) is 66.6 Å². The molecule has 0 aromatic heterocycles. The van der Waals surface area contributed by atoms with Gasteiger partial charge < -0.3 is 5.32 Å². The van der Waals surface area contributed by atoms with E-state index in [9.17, 15) is 18.0 Å². The van der Waals surface area contributed by atoms with E-state index < -0.39 is 27.8 Å². The lowest BCUT2D eigenvalue weighted by Gasteiger charge is -2.32. The number of likely N-dealkylation sites (N-methyl/N-ethyl adjacent to an activating group) is 1. The van der Waals surface area contributed by atoms with Crippen molar-refractivity contribution >= 4 is 50.7 Å². The first-order valence-corrected chi connectivity index (χ1v) is 11.3. The van der Waals surface area contributed by atoms with Crippen LogP contribution < -0.4 is 5.32 Å². The number of carbonyl (C=O) groups is 2. The monoisotopic (exact) mass is 452 g/mol. The number of aryl methyl sites for hydroxylation is 2. The number of halogens is 2. The molecule has 0 saturated carbocycles. The Balaban J connectivity index is 1.79. The van der Waals surface area contributed by atoms with E-state index >= 15 is 0 Å². The standard InChI is InChI=1S/C20H18Cl2N2O4S/c1-24-20(26)18(19(25)23-13-6-7-15(21)16(22)10-13)14-8-11-4-2-3-5-12(11)9-17(14)29(24,27)28/h6-10,18H,2-5H2,1H3,(H,23,25). The second-order valence-corrected chi connectivity index (χ2v) is 9.98. The van der Waals surface area contributed by atoms with Crippen molar-refractivity contribution in [2.45, 2.75) is 36.5 Å².